The molecule has 3 heteroatoms. The van der Waals surface area contributed by atoms with Crippen molar-refractivity contribution in [3.05, 3.63) is 121 Å². The first-order chi connectivity index (χ1) is 21.3. The summed E-state index contributed by atoms with van der Waals surface area (Å²) < 4.78 is 11.5. The molecule has 0 saturated heterocycles. The van der Waals surface area contributed by atoms with Gasteiger partial charge in [-0.05, 0) is 53.2 Å². The Hall–Kier alpha value is -5.80. The van der Waals surface area contributed by atoms with Gasteiger partial charge in [-0.3, -0.25) is 0 Å². The molecule has 0 unspecified atom stereocenters. The lowest BCUT2D eigenvalue weighted by Crippen LogP contribution is -1.83. The summed E-state index contributed by atoms with van der Waals surface area (Å²) in [6.45, 7) is 0. The number of rotatable bonds is 0. The number of aromatic nitrogens is 2. The van der Waals surface area contributed by atoms with Crippen LogP contribution in [0.3, 0.4) is 0 Å². The smallest absolute Gasteiger partial charge is 0.136 e. The van der Waals surface area contributed by atoms with Crippen LogP contribution >= 0.6 is 0 Å². The zero-order valence-corrected chi connectivity index (χ0v) is 22.8. The van der Waals surface area contributed by atoms with Gasteiger partial charge < -0.3 is 13.2 Å². The summed E-state index contributed by atoms with van der Waals surface area (Å²) in [5, 5.41) is 15.3. The first-order valence-electron chi connectivity index (χ1n) is 14.9. The molecule has 0 bridgehead atoms. The molecule has 0 fully saturated rings. The van der Waals surface area contributed by atoms with Gasteiger partial charge in [0.2, 0.25) is 0 Å². The third-order valence-corrected chi connectivity index (χ3v) is 10.1. The molecular formula is C40H20N2O. The van der Waals surface area contributed by atoms with E-state index in [1.165, 1.54) is 97.7 Å². The lowest BCUT2D eigenvalue weighted by molar-refractivity contribution is 0.669. The molecule has 0 radical (unpaired) electrons. The topological polar surface area (TPSA) is 22.0 Å². The van der Waals surface area contributed by atoms with Crippen molar-refractivity contribution >= 4 is 109 Å². The summed E-state index contributed by atoms with van der Waals surface area (Å²) in [5.41, 5.74) is 9.46. The quantitative estimate of drug-likeness (QED) is 0.186. The van der Waals surface area contributed by atoms with E-state index < -0.39 is 0 Å². The molecule has 196 valence electrons. The normalized spacial score (nSPS) is 13.1. The van der Waals surface area contributed by atoms with E-state index >= 15 is 0 Å². The molecule has 5 heterocycles. The fourth-order valence-electron chi connectivity index (χ4n) is 8.50. The van der Waals surface area contributed by atoms with E-state index in [4.69, 9.17) is 4.42 Å². The zero-order valence-electron chi connectivity index (χ0n) is 22.8. The van der Waals surface area contributed by atoms with E-state index in [1.807, 2.05) is 0 Å². The van der Waals surface area contributed by atoms with Crippen molar-refractivity contribution in [1.29, 1.82) is 0 Å². The average molecular weight is 545 g/mol. The monoisotopic (exact) mass is 544 g/mol. The Kier molecular flexibility index (Phi) is 3.32. The summed E-state index contributed by atoms with van der Waals surface area (Å²) in [6, 6.07) is 44.5. The van der Waals surface area contributed by atoms with Crippen LogP contribution in [-0.2, 0) is 0 Å². The zero-order chi connectivity index (χ0) is 27.6. The molecule has 43 heavy (non-hydrogen) atoms. The van der Waals surface area contributed by atoms with Crippen molar-refractivity contribution in [2.45, 2.75) is 0 Å². The van der Waals surface area contributed by atoms with Crippen molar-refractivity contribution in [1.82, 2.24) is 8.80 Å². The molecule has 12 rings (SSSR count). The Labute approximate surface area is 243 Å². The second-order valence-corrected chi connectivity index (χ2v) is 12.1. The van der Waals surface area contributed by atoms with Crippen LogP contribution in [0.25, 0.3) is 109 Å². The molecule has 0 saturated carbocycles. The van der Waals surface area contributed by atoms with Crippen LogP contribution in [-0.4, -0.2) is 8.80 Å². The van der Waals surface area contributed by atoms with Gasteiger partial charge in [0, 0.05) is 53.9 Å². The number of nitrogens with zero attached hydrogens (tertiary/aromatic N) is 2. The molecule has 0 aliphatic heterocycles. The van der Waals surface area contributed by atoms with Gasteiger partial charge in [-0.2, -0.15) is 0 Å². The number of hydrogen-bond acceptors (Lipinski definition) is 1. The molecule has 0 amide bonds. The second kappa shape index (κ2) is 6.80. The molecule has 7 aromatic carbocycles. The van der Waals surface area contributed by atoms with E-state index in [-0.39, 0.29) is 0 Å². The van der Waals surface area contributed by atoms with Crippen LogP contribution in [0.2, 0.25) is 0 Å². The molecule has 0 aliphatic carbocycles. The van der Waals surface area contributed by atoms with Gasteiger partial charge in [0.05, 0.1) is 33.1 Å². The second-order valence-electron chi connectivity index (χ2n) is 12.1. The number of fused-ring (bicyclic) bond motifs is 18. The highest BCUT2D eigenvalue weighted by molar-refractivity contribution is 6.37. The molecule has 0 N–H and O–H groups in total. The summed E-state index contributed by atoms with van der Waals surface area (Å²) in [6.07, 6.45) is 0. The summed E-state index contributed by atoms with van der Waals surface area (Å²) in [7, 11) is 0. The minimum Gasteiger partial charge on any atom is -0.456 e. The molecule has 0 atom stereocenters. The van der Waals surface area contributed by atoms with Crippen LogP contribution in [0.1, 0.15) is 0 Å². The van der Waals surface area contributed by atoms with Crippen LogP contribution in [0.4, 0.5) is 0 Å². The Morgan fingerprint density at radius 1 is 0.349 bits per heavy atom. The van der Waals surface area contributed by atoms with Gasteiger partial charge >= 0.3 is 0 Å². The maximum Gasteiger partial charge on any atom is 0.136 e. The number of furan rings is 1. The SMILES string of the molecule is c1ccc2c(c1)cc1c3ccccc3n3c4cc5c(cc4c2c13)c1cc2oc3ccccc3c2c2c3ccccc3n5c12. The van der Waals surface area contributed by atoms with Gasteiger partial charge in [0.25, 0.3) is 0 Å². The van der Waals surface area contributed by atoms with Crippen molar-refractivity contribution in [3.8, 4) is 0 Å². The predicted molar refractivity (Wildman–Crippen MR) is 181 cm³/mol. The maximum absolute atomic E-state index is 6.53. The fourth-order valence-corrected chi connectivity index (χ4v) is 8.50. The molecule has 3 nitrogen and oxygen atoms in total. The fraction of sp³-hybridized carbons (Fsp3) is 0. The Balaban J connectivity index is 1.41. The minimum absolute atomic E-state index is 0.937. The molecule has 0 spiro atoms. The average Bonchev–Trinajstić information content (AvgIpc) is 3.83. The molecular weight excluding hydrogens is 524 g/mol. The van der Waals surface area contributed by atoms with E-state index in [0.717, 1.165) is 11.2 Å². The van der Waals surface area contributed by atoms with Crippen molar-refractivity contribution in [3.63, 3.8) is 0 Å². The Bertz CT molecular complexity index is 3170. The number of hydrogen-bond donors (Lipinski definition) is 0. The molecule has 0 aliphatic rings. The van der Waals surface area contributed by atoms with Crippen molar-refractivity contribution in [2.24, 2.45) is 0 Å². The van der Waals surface area contributed by atoms with Gasteiger partial charge in [0.15, 0.2) is 0 Å². The van der Waals surface area contributed by atoms with Gasteiger partial charge in [-0.25, -0.2) is 0 Å². The highest BCUT2D eigenvalue weighted by atomic mass is 16.3. The van der Waals surface area contributed by atoms with E-state index in [0.29, 0.717) is 0 Å². The molecule has 5 aromatic heterocycles. The van der Waals surface area contributed by atoms with Crippen LogP contribution in [0.15, 0.2) is 126 Å². The van der Waals surface area contributed by atoms with Crippen LogP contribution in [0.5, 0.6) is 0 Å². The third-order valence-electron chi connectivity index (χ3n) is 10.1. The summed E-state index contributed by atoms with van der Waals surface area (Å²) >= 11 is 0. The van der Waals surface area contributed by atoms with Gasteiger partial charge in [0.1, 0.15) is 11.2 Å². The van der Waals surface area contributed by atoms with Crippen LogP contribution in [0, 0.1) is 0 Å². The Morgan fingerprint density at radius 3 is 1.84 bits per heavy atom. The van der Waals surface area contributed by atoms with Crippen LogP contribution < -0.4 is 0 Å². The van der Waals surface area contributed by atoms with E-state index in [1.54, 1.807) is 0 Å². The third kappa shape index (κ3) is 2.22. The van der Waals surface area contributed by atoms with Crippen molar-refractivity contribution < 1.29 is 4.42 Å². The van der Waals surface area contributed by atoms with E-state index in [2.05, 4.69) is 130 Å². The largest absolute Gasteiger partial charge is 0.456 e. The minimum atomic E-state index is 0.937. The van der Waals surface area contributed by atoms with E-state index in [9.17, 15) is 0 Å². The highest BCUT2D eigenvalue weighted by Gasteiger charge is 2.25. The maximum atomic E-state index is 6.53. The van der Waals surface area contributed by atoms with Crippen molar-refractivity contribution in [2.75, 3.05) is 0 Å². The lowest BCUT2D eigenvalue weighted by atomic mass is 9.98. The summed E-state index contributed by atoms with van der Waals surface area (Å²) in [4.78, 5) is 0. The Morgan fingerprint density at radius 2 is 0.977 bits per heavy atom. The molecule has 12 aromatic rings. The predicted octanol–water partition coefficient (Wildman–Crippen LogP) is 11.0. The summed E-state index contributed by atoms with van der Waals surface area (Å²) in [5.74, 6) is 0. The number of para-hydroxylation sites is 3. The standard InChI is InChI=1S/C40H20N2O/c1-2-10-22-21(9-1)17-27-23-11-3-6-14-30(23)41-33-20-32-26(18-29(33)36(22)39(27)41)28-19-35-37(25-13-5-8-16-34(25)43-35)38-24-12-4-7-15-31(24)42(32)40(28)38/h1-20H. The highest BCUT2D eigenvalue weighted by Crippen LogP contribution is 2.49. The van der Waals surface area contributed by atoms with Gasteiger partial charge in [-0.1, -0.05) is 78.9 Å². The number of benzene rings is 7. The van der Waals surface area contributed by atoms with Gasteiger partial charge in [-0.15, -0.1) is 0 Å². The lowest BCUT2D eigenvalue weighted by Gasteiger charge is -2.03. The first-order valence-corrected chi connectivity index (χ1v) is 14.9. The first kappa shape index (κ1) is 21.0.